The van der Waals surface area contributed by atoms with Crippen molar-refractivity contribution < 1.29 is 9.53 Å². The van der Waals surface area contributed by atoms with E-state index >= 15 is 0 Å². The van der Waals surface area contributed by atoms with Crippen molar-refractivity contribution in [3.05, 3.63) is 120 Å². The van der Waals surface area contributed by atoms with Crippen LogP contribution in [0.4, 0.5) is 0 Å². The lowest BCUT2D eigenvalue weighted by molar-refractivity contribution is 0.0942. The first-order valence-electron chi connectivity index (χ1n) is 11.6. The minimum Gasteiger partial charge on any atom is -0.492 e. The summed E-state index contributed by atoms with van der Waals surface area (Å²) in [6, 6.07) is 30.5. The molecule has 0 saturated carbocycles. The highest BCUT2D eigenvalue weighted by atomic mass is 16.5. The number of carbonyl (C=O) groups excluding carboxylic acids is 1. The third kappa shape index (κ3) is 5.02. The van der Waals surface area contributed by atoms with Gasteiger partial charge in [-0.3, -0.25) is 9.69 Å². The quantitative estimate of drug-likeness (QED) is 0.405. The molecule has 2 heterocycles. The van der Waals surface area contributed by atoms with Gasteiger partial charge in [-0.25, -0.2) is 4.98 Å². The standard InChI is InChI=1S/C28H28N4O2/c33-28(29-16-19-34-24-14-8-3-9-15-24)25-21-32-18-17-31(20-22-10-4-1-5-11-22)26(27(32)30-25)23-12-6-2-7-13-23/h1-15,21,26H,16-20H2,(H,29,33). The fourth-order valence-electron chi connectivity index (χ4n) is 4.39. The first-order chi connectivity index (χ1) is 16.8. The normalized spacial score (nSPS) is 15.5. The molecule has 1 unspecified atom stereocenters. The molecule has 172 valence electrons. The number of carbonyl (C=O) groups is 1. The molecule has 0 fully saturated rings. The average molecular weight is 453 g/mol. The lowest BCUT2D eigenvalue weighted by Crippen LogP contribution is -2.38. The molecule has 0 bridgehead atoms. The number of amides is 1. The van der Waals surface area contributed by atoms with Gasteiger partial charge in [0.2, 0.25) is 0 Å². The Kier molecular flexibility index (Phi) is 6.68. The Bertz CT molecular complexity index is 1210. The molecule has 1 N–H and O–H groups in total. The smallest absolute Gasteiger partial charge is 0.271 e. The van der Waals surface area contributed by atoms with Crippen molar-refractivity contribution in [2.75, 3.05) is 19.7 Å². The van der Waals surface area contributed by atoms with Crippen LogP contribution in [0.5, 0.6) is 5.75 Å². The molecule has 1 amide bonds. The molecular weight excluding hydrogens is 424 g/mol. The monoisotopic (exact) mass is 452 g/mol. The maximum Gasteiger partial charge on any atom is 0.271 e. The number of para-hydroxylation sites is 1. The third-order valence-electron chi connectivity index (χ3n) is 6.02. The van der Waals surface area contributed by atoms with Crippen LogP contribution in [0.25, 0.3) is 0 Å². The van der Waals surface area contributed by atoms with E-state index < -0.39 is 0 Å². The van der Waals surface area contributed by atoms with Crippen LogP contribution < -0.4 is 10.1 Å². The predicted molar refractivity (Wildman–Crippen MR) is 132 cm³/mol. The molecule has 34 heavy (non-hydrogen) atoms. The minimum atomic E-state index is -0.181. The van der Waals surface area contributed by atoms with Crippen molar-refractivity contribution in [3.63, 3.8) is 0 Å². The molecule has 5 rings (SSSR count). The SMILES string of the molecule is O=C(NCCOc1ccccc1)c1cn2c(n1)C(c1ccccc1)N(Cc1ccccc1)CC2. The summed E-state index contributed by atoms with van der Waals surface area (Å²) >= 11 is 0. The average Bonchev–Trinajstić information content (AvgIpc) is 3.33. The predicted octanol–water partition coefficient (Wildman–Crippen LogP) is 4.30. The first-order valence-corrected chi connectivity index (χ1v) is 11.6. The van der Waals surface area contributed by atoms with Crippen LogP contribution in [0.2, 0.25) is 0 Å². The molecule has 0 radical (unpaired) electrons. The Labute approximate surface area is 199 Å². The molecule has 1 aliphatic heterocycles. The maximum atomic E-state index is 12.8. The van der Waals surface area contributed by atoms with Crippen molar-refractivity contribution in [2.24, 2.45) is 0 Å². The topological polar surface area (TPSA) is 59.4 Å². The van der Waals surface area contributed by atoms with Crippen LogP contribution in [0.1, 0.15) is 33.5 Å². The van der Waals surface area contributed by atoms with E-state index in [1.165, 1.54) is 11.1 Å². The Morgan fingerprint density at radius 2 is 1.59 bits per heavy atom. The third-order valence-corrected chi connectivity index (χ3v) is 6.02. The van der Waals surface area contributed by atoms with E-state index in [1.807, 2.05) is 48.7 Å². The zero-order valence-corrected chi connectivity index (χ0v) is 19.0. The Balaban J connectivity index is 1.31. The molecule has 0 aliphatic carbocycles. The van der Waals surface area contributed by atoms with Crippen LogP contribution in [0, 0.1) is 0 Å². The fraction of sp³-hybridized carbons (Fsp3) is 0.214. The second kappa shape index (κ2) is 10.4. The summed E-state index contributed by atoms with van der Waals surface area (Å²) in [5.74, 6) is 1.51. The lowest BCUT2D eigenvalue weighted by Gasteiger charge is -2.36. The van der Waals surface area contributed by atoms with Gasteiger partial charge < -0.3 is 14.6 Å². The Morgan fingerprint density at radius 3 is 2.32 bits per heavy atom. The second-order valence-corrected chi connectivity index (χ2v) is 8.36. The van der Waals surface area contributed by atoms with E-state index in [2.05, 4.69) is 63.3 Å². The van der Waals surface area contributed by atoms with Crippen molar-refractivity contribution in [2.45, 2.75) is 19.1 Å². The molecule has 1 atom stereocenters. The number of nitrogens with one attached hydrogen (secondary N) is 1. The largest absolute Gasteiger partial charge is 0.492 e. The molecular formula is C28H28N4O2. The van der Waals surface area contributed by atoms with Crippen molar-refractivity contribution in [3.8, 4) is 5.75 Å². The van der Waals surface area contributed by atoms with E-state index in [-0.39, 0.29) is 11.9 Å². The van der Waals surface area contributed by atoms with Gasteiger partial charge in [-0.05, 0) is 23.3 Å². The summed E-state index contributed by atoms with van der Waals surface area (Å²) in [7, 11) is 0. The van der Waals surface area contributed by atoms with Crippen LogP contribution >= 0.6 is 0 Å². The lowest BCUT2D eigenvalue weighted by atomic mass is 10.0. The number of fused-ring (bicyclic) bond motifs is 1. The van der Waals surface area contributed by atoms with Gasteiger partial charge in [0.25, 0.3) is 5.91 Å². The van der Waals surface area contributed by atoms with Gasteiger partial charge >= 0.3 is 0 Å². The van der Waals surface area contributed by atoms with E-state index in [0.717, 1.165) is 31.2 Å². The number of imidazole rings is 1. The molecule has 1 aromatic heterocycles. The summed E-state index contributed by atoms with van der Waals surface area (Å²) in [4.78, 5) is 20.1. The van der Waals surface area contributed by atoms with Gasteiger partial charge in [0, 0.05) is 25.8 Å². The number of aromatic nitrogens is 2. The Morgan fingerprint density at radius 1 is 0.912 bits per heavy atom. The van der Waals surface area contributed by atoms with Gasteiger partial charge in [0.15, 0.2) is 0 Å². The Hall–Kier alpha value is -3.90. The van der Waals surface area contributed by atoms with Gasteiger partial charge in [-0.1, -0.05) is 78.9 Å². The van der Waals surface area contributed by atoms with Crippen LogP contribution in [0.3, 0.4) is 0 Å². The number of hydrogen-bond donors (Lipinski definition) is 1. The summed E-state index contributed by atoms with van der Waals surface area (Å²) in [6.07, 6.45) is 1.87. The second-order valence-electron chi connectivity index (χ2n) is 8.36. The highest BCUT2D eigenvalue weighted by Crippen LogP contribution is 2.32. The number of benzene rings is 3. The highest BCUT2D eigenvalue weighted by Gasteiger charge is 2.32. The van der Waals surface area contributed by atoms with Crippen LogP contribution in [-0.2, 0) is 13.1 Å². The first kappa shape index (κ1) is 21.9. The molecule has 4 aromatic rings. The maximum absolute atomic E-state index is 12.8. The summed E-state index contributed by atoms with van der Waals surface area (Å²) in [5, 5.41) is 2.93. The van der Waals surface area contributed by atoms with E-state index in [0.29, 0.717) is 18.8 Å². The molecule has 6 heteroatoms. The van der Waals surface area contributed by atoms with Crippen molar-refractivity contribution in [1.29, 1.82) is 0 Å². The highest BCUT2D eigenvalue weighted by molar-refractivity contribution is 5.92. The van der Waals surface area contributed by atoms with Gasteiger partial charge in [0.1, 0.15) is 23.9 Å². The van der Waals surface area contributed by atoms with E-state index in [9.17, 15) is 4.79 Å². The van der Waals surface area contributed by atoms with Gasteiger partial charge in [-0.15, -0.1) is 0 Å². The number of ether oxygens (including phenoxy) is 1. The van der Waals surface area contributed by atoms with E-state index in [4.69, 9.17) is 9.72 Å². The minimum absolute atomic E-state index is 0.0156. The van der Waals surface area contributed by atoms with Crippen LogP contribution in [-0.4, -0.2) is 40.1 Å². The number of rotatable bonds is 8. The molecule has 0 saturated heterocycles. The van der Waals surface area contributed by atoms with Crippen LogP contribution in [0.15, 0.2) is 97.2 Å². The van der Waals surface area contributed by atoms with Crippen molar-refractivity contribution in [1.82, 2.24) is 19.8 Å². The number of hydrogen-bond acceptors (Lipinski definition) is 4. The fourth-order valence-corrected chi connectivity index (χ4v) is 4.39. The summed E-state index contributed by atoms with van der Waals surface area (Å²) < 4.78 is 7.79. The number of nitrogens with zero attached hydrogens (tertiary/aromatic N) is 3. The van der Waals surface area contributed by atoms with Crippen molar-refractivity contribution >= 4 is 5.91 Å². The zero-order chi connectivity index (χ0) is 23.2. The van der Waals surface area contributed by atoms with E-state index in [1.54, 1.807) is 0 Å². The summed E-state index contributed by atoms with van der Waals surface area (Å²) in [5.41, 5.74) is 2.88. The molecule has 3 aromatic carbocycles. The molecule has 0 spiro atoms. The zero-order valence-electron chi connectivity index (χ0n) is 19.0. The van der Waals surface area contributed by atoms with Gasteiger partial charge in [0.05, 0.1) is 12.6 Å². The van der Waals surface area contributed by atoms with Gasteiger partial charge in [-0.2, -0.15) is 0 Å². The molecule has 1 aliphatic rings. The molecule has 6 nitrogen and oxygen atoms in total. The summed E-state index contributed by atoms with van der Waals surface area (Å²) in [6.45, 7) is 3.32.